The third-order valence-electron chi connectivity index (χ3n) is 2.63. The molecule has 4 heteroatoms. The van der Waals surface area contributed by atoms with Crippen molar-refractivity contribution in [2.45, 2.75) is 12.5 Å². The van der Waals surface area contributed by atoms with E-state index in [0.29, 0.717) is 25.2 Å². The number of likely N-dealkylation sites (N-methyl/N-ethyl adjacent to an activating group) is 1. The van der Waals surface area contributed by atoms with Gasteiger partial charge >= 0.3 is 0 Å². The van der Waals surface area contributed by atoms with Crippen molar-refractivity contribution in [3.05, 3.63) is 0 Å². The summed E-state index contributed by atoms with van der Waals surface area (Å²) in [5.41, 5.74) is 0. The highest BCUT2D eigenvalue weighted by Crippen LogP contribution is 2.16. The lowest BCUT2D eigenvalue weighted by atomic mass is 10.0. The maximum atomic E-state index is 5.50. The quantitative estimate of drug-likeness (QED) is 0.603. The highest BCUT2D eigenvalue weighted by Gasteiger charge is 2.24. The second kappa shape index (κ2) is 7.17. The van der Waals surface area contributed by atoms with Gasteiger partial charge in [0.15, 0.2) is 0 Å². The van der Waals surface area contributed by atoms with Crippen LogP contribution in [0.4, 0.5) is 0 Å². The molecule has 1 saturated heterocycles. The van der Waals surface area contributed by atoms with Gasteiger partial charge in [-0.3, -0.25) is 0 Å². The average molecular weight is 203 g/mol. The summed E-state index contributed by atoms with van der Waals surface area (Å²) < 4.78 is 15.8. The number of rotatable bonds is 7. The third-order valence-corrected chi connectivity index (χ3v) is 2.63. The predicted molar refractivity (Wildman–Crippen MR) is 54.5 cm³/mol. The minimum Gasteiger partial charge on any atom is -0.382 e. The standard InChI is InChI=1S/C10H21NO3/c1-11-10(8-14-6-5-12-2)9-3-4-13-7-9/h9-11H,3-8H2,1-2H3. The summed E-state index contributed by atoms with van der Waals surface area (Å²) in [4.78, 5) is 0. The first-order valence-electron chi connectivity index (χ1n) is 5.20. The van der Waals surface area contributed by atoms with Gasteiger partial charge in [-0.1, -0.05) is 0 Å². The molecule has 14 heavy (non-hydrogen) atoms. The first-order chi connectivity index (χ1) is 6.88. The number of ether oxygens (including phenoxy) is 3. The summed E-state index contributed by atoms with van der Waals surface area (Å²) in [6, 6.07) is 0.411. The molecular weight excluding hydrogens is 182 g/mol. The third kappa shape index (κ3) is 3.92. The van der Waals surface area contributed by atoms with Crippen LogP contribution in [0.2, 0.25) is 0 Å². The van der Waals surface area contributed by atoms with Crippen LogP contribution in [-0.2, 0) is 14.2 Å². The van der Waals surface area contributed by atoms with Crippen molar-refractivity contribution in [2.24, 2.45) is 5.92 Å². The number of hydrogen-bond acceptors (Lipinski definition) is 4. The molecule has 1 aliphatic rings. The van der Waals surface area contributed by atoms with Gasteiger partial charge in [0.25, 0.3) is 0 Å². The van der Waals surface area contributed by atoms with Crippen LogP contribution in [0, 0.1) is 5.92 Å². The lowest BCUT2D eigenvalue weighted by Crippen LogP contribution is -2.38. The highest BCUT2D eigenvalue weighted by molar-refractivity contribution is 4.77. The Morgan fingerprint density at radius 3 is 2.93 bits per heavy atom. The molecular formula is C10H21NO3. The topological polar surface area (TPSA) is 39.7 Å². The molecule has 1 aliphatic heterocycles. The molecule has 0 aromatic heterocycles. The van der Waals surface area contributed by atoms with E-state index < -0.39 is 0 Å². The molecule has 2 atom stereocenters. The Morgan fingerprint density at radius 2 is 2.36 bits per heavy atom. The number of methoxy groups -OCH3 is 1. The largest absolute Gasteiger partial charge is 0.382 e. The van der Waals surface area contributed by atoms with Crippen LogP contribution in [0.25, 0.3) is 0 Å². The van der Waals surface area contributed by atoms with Gasteiger partial charge in [-0.15, -0.1) is 0 Å². The van der Waals surface area contributed by atoms with E-state index in [1.54, 1.807) is 7.11 Å². The minimum atomic E-state index is 0.411. The Hall–Kier alpha value is -0.160. The molecule has 1 heterocycles. The zero-order valence-electron chi connectivity index (χ0n) is 9.12. The molecule has 84 valence electrons. The highest BCUT2D eigenvalue weighted by atomic mass is 16.5. The van der Waals surface area contributed by atoms with Gasteiger partial charge in [0.1, 0.15) is 0 Å². The summed E-state index contributed by atoms with van der Waals surface area (Å²) in [6.45, 7) is 3.83. The first-order valence-corrected chi connectivity index (χ1v) is 5.20. The van der Waals surface area contributed by atoms with E-state index in [1.165, 1.54) is 0 Å². The molecule has 0 aromatic carbocycles. The maximum absolute atomic E-state index is 5.50. The average Bonchev–Trinajstić information content (AvgIpc) is 2.71. The predicted octanol–water partition coefficient (Wildman–Crippen LogP) is 0.274. The lowest BCUT2D eigenvalue weighted by Gasteiger charge is -2.21. The minimum absolute atomic E-state index is 0.411. The van der Waals surface area contributed by atoms with Crippen LogP contribution in [0.3, 0.4) is 0 Å². The van der Waals surface area contributed by atoms with E-state index in [4.69, 9.17) is 14.2 Å². The lowest BCUT2D eigenvalue weighted by molar-refractivity contribution is 0.0487. The van der Waals surface area contributed by atoms with E-state index in [9.17, 15) is 0 Å². The fraction of sp³-hybridized carbons (Fsp3) is 1.00. The van der Waals surface area contributed by atoms with E-state index in [0.717, 1.165) is 26.2 Å². The molecule has 1 fully saturated rings. The summed E-state index contributed by atoms with van der Waals surface area (Å²) in [7, 11) is 3.66. The molecule has 0 radical (unpaired) electrons. The Morgan fingerprint density at radius 1 is 1.50 bits per heavy atom. The molecule has 0 bridgehead atoms. The van der Waals surface area contributed by atoms with Gasteiger partial charge in [0.2, 0.25) is 0 Å². The summed E-state index contributed by atoms with van der Waals surface area (Å²) in [5.74, 6) is 0.600. The second-order valence-electron chi connectivity index (χ2n) is 3.59. The van der Waals surface area contributed by atoms with Crippen molar-refractivity contribution in [3.8, 4) is 0 Å². The molecule has 0 aliphatic carbocycles. The summed E-state index contributed by atoms with van der Waals surface area (Å²) in [6.07, 6.45) is 1.14. The van der Waals surface area contributed by atoms with Gasteiger partial charge in [0, 0.05) is 25.7 Å². The molecule has 1 rings (SSSR count). The van der Waals surface area contributed by atoms with E-state index >= 15 is 0 Å². The van der Waals surface area contributed by atoms with E-state index in [2.05, 4.69) is 5.32 Å². The van der Waals surface area contributed by atoms with Crippen molar-refractivity contribution in [3.63, 3.8) is 0 Å². The Balaban J connectivity index is 2.11. The number of hydrogen-bond donors (Lipinski definition) is 1. The SMILES string of the molecule is CNC(COCCOC)C1CCOC1. The van der Waals surface area contributed by atoms with Crippen molar-refractivity contribution < 1.29 is 14.2 Å². The van der Waals surface area contributed by atoms with Crippen LogP contribution < -0.4 is 5.32 Å². The molecule has 2 unspecified atom stereocenters. The zero-order valence-corrected chi connectivity index (χ0v) is 9.12. The monoisotopic (exact) mass is 203 g/mol. The number of nitrogens with one attached hydrogen (secondary N) is 1. The molecule has 1 N–H and O–H groups in total. The molecule has 4 nitrogen and oxygen atoms in total. The second-order valence-corrected chi connectivity index (χ2v) is 3.59. The van der Waals surface area contributed by atoms with E-state index in [-0.39, 0.29) is 0 Å². The molecule has 0 amide bonds. The fourth-order valence-electron chi connectivity index (χ4n) is 1.68. The first kappa shape index (κ1) is 11.9. The Bertz CT molecular complexity index is 137. The summed E-state index contributed by atoms with van der Waals surface area (Å²) in [5, 5.41) is 3.28. The Kier molecular flexibility index (Phi) is 6.10. The van der Waals surface area contributed by atoms with Gasteiger partial charge in [-0.05, 0) is 13.5 Å². The van der Waals surface area contributed by atoms with Gasteiger partial charge in [-0.2, -0.15) is 0 Å². The van der Waals surface area contributed by atoms with Gasteiger partial charge in [-0.25, -0.2) is 0 Å². The van der Waals surface area contributed by atoms with Crippen molar-refractivity contribution >= 4 is 0 Å². The summed E-state index contributed by atoms with van der Waals surface area (Å²) >= 11 is 0. The molecule has 0 spiro atoms. The smallest absolute Gasteiger partial charge is 0.0701 e. The molecule has 0 saturated carbocycles. The van der Waals surface area contributed by atoms with Crippen LogP contribution in [0.15, 0.2) is 0 Å². The zero-order chi connectivity index (χ0) is 10.2. The van der Waals surface area contributed by atoms with Crippen LogP contribution in [0.1, 0.15) is 6.42 Å². The van der Waals surface area contributed by atoms with Gasteiger partial charge < -0.3 is 19.5 Å². The van der Waals surface area contributed by atoms with Crippen LogP contribution >= 0.6 is 0 Å². The van der Waals surface area contributed by atoms with E-state index in [1.807, 2.05) is 7.05 Å². The van der Waals surface area contributed by atoms with Crippen LogP contribution in [0.5, 0.6) is 0 Å². The van der Waals surface area contributed by atoms with Crippen molar-refractivity contribution in [2.75, 3.05) is 47.2 Å². The van der Waals surface area contributed by atoms with Crippen LogP contribution in [-0.4, -0.2) is 53.2 Å². The maximum Gasteiger partial charge on any atom is 0.0701 e. The molecule has 0 aromatic rings. The van der Waals surface area contributed by atoms with Crippen molar-refractivity contribution in [1.82, 2.24) is 5.32 Å². The van der Waals surface area contributed by atoms with Gasteiger partial charge in [0.05, 0.1) is 26.4 Å². The van der Waals surface area contributed by atoms with Crippen molar-refractivity contribution in [1.29, 1.82) is 0 Å². The normalized spacial score (nSPS) is 24.0. The fourth-order valence-corrected chi connectivity index (χ4v) is 1.68. The Labute approximate surface area is 85.9 Å².